The van der Waals surface area contributed by atoms with Gasteiger partial charge in [-0.2, -0.15) is 0 Å². The second-order valence-electron chi connectivity index (χ2n) is 4.81. The lowest BCUT2D eigenvalue weighted by molar-refractivity contribution is -0.154. The molecule has 0 aliphatic heterocycles. The highest BCUT2D eigenvalue weighted by Crippen LogP contribution is 2.32. The average Bonchev–Trinajstić information content (AvgIpc) is 2.25. The second-order valence-corrected chi connectivity index (χ2v) is 4.81. The molecule has 1 saturated carbocycles. The lowest BCUT2D eigenvalue weighted by atomic mass is 9.79. The van der Waals surface area contributed by atoms with Crippen molar-refractivity contribution in [1.82, 2.24) is 0 Å². The van der Waals surface area contributed by atoms with Gasteiger partial charge in [-0.3, -0.25) is 14.4 Å². The van der Waals surface area contributed by atoms with Gasteiger partial charge in [-0.15, -0.1) is 0 Å². The summed E-state index contributed by atoms with van der Waals surface area (Å²) in [6.07, 6.45) is 0.806. The van der Waals surface area contributed by atoms with Gasteiger partial charge >= 0.3 is 5.97 Å². The minimum Gasteiger partial charge on any atom is -0.465 e. The molecule has 0 bridgehead atoms. The van der Waals surface area contributed by atoms with Crippen LogP contribution in [0.4, 0.5) is 0 Å². The molecule has 1 aliphatic rings. The molecule has 1 atom stereocenters. The van der Waals surface area contributed by atoms with Crippen LogP contribution in [0, 0.1) is 11.3 Å². The molecular weight excluding hydrogens is 208 g/mol. The number of ether oxygens (including phenoxy) is 1. The Kier molecular flexibility index (Phi) is 3.83. The zero-order valence-corrected chi connectivity index (χ0v) is 10.0. The van der Waals surface area contributed by atoms with Crippen LogP contribution in [0.25, 0.3) is 0 Å². The third-order valence-electron chi connectivity index (χ3n) is 2.91. The van der Waals surface area contributed by atoms with Crippen LogP contribution < -0.4 is 0 Å². The first-order chi connectivity index (χ1) is 7.38. The van der Waals surface area contributed by atoms with E-state index in [2.05, 4.69) is 0 Å². The topological polar surface area (TPSA) is 60.4 Å². The van der Waals surface area contributed by atoms with Crippen LogP contribution in [-0.4, -0.2) is 24.1 Å². The Morgan fingerprint density at radius 2 is 2.06 bits per heavy atom. The molecule has 16 heavy (non-hydrogen) atoms. The van der Waals surface area contributed by atoms with Gasteiger partial charge < -0.3 is 4.74 Å². The maximum absolute atomic E-state index is 12.1. The van der Waals surface area contributed by atoms with Crippen LogP contribution in [0.2, 0.25) is 0 Å². The number of ketones is 2. The molecule has 0 saturated heterocycles. The Hall–Kier alpha value is -1.19. The highest BCUT2D eigenvalue weighted by Gasteiger charge is 2.42. The van der Waals surface area contributed by atoms with Crippen molar-refractivity contribution in [1.29, 1.82) is 0 Å². The fourth-order valence-corrected chi connectivity index (χ4v) is 2.04. The van der Waals surface area contributed by atoms with Crippen LogP contribution in [-0.2, 0) is 19.1 Å². The van der Waals surface area contributed by atoms with Crippen LogP contribution in [0.3, 0.4) is 0 Å². The zero-order valence-electron chi connectivity index (χ0n) is 10.0. The van der Waals surface area contributed by atoms with E-state index in [1.807, 2.05) is 0 Å². The highest BCUT2D eigenvalue weighted by molar-refractivity contribution is 6.04. The summed E-state index contributed by atoms with van der Waals surface area (Å²) in [6.45, 7) is 5.39. The second kappa shape index (κ2) is 4.76. The summed E-state index contributed by atoms with van der Waals surface area (Å²) >= 11 is 0. The van der Waals surface area contributed by atoms with E-state index in [9.17, 15) is 14.4 Å². The molecule has 0 aromatic carbocycles. The Balaban J connectivity index is 2.89. The first-order valence-corrected chi connectivity index (χ1v) is 5.61. The van der Waals surface area contributed by atoms with Crippen molar-refractivity contribution in [2.45, 2.75) is 40.0 Å². The molecule has 0 amide bonds. The Labute approximate surface area is 95.3 Å². The fraction of sp³-hybridized carbons (Fsp3) is 0.750. The van der Waals surface area contributed by atoms with Gasteiger partial charge in [0.2, 0.25) is 0 Å². The first kappa shape index (κ1) is 12.9. The largest absolute Gasteiger partial charge is 0.465 e. The van der Waals surface area contributed by atoms with Crippen molar-refractivity contribution in [2.24, 2.45) is 11.3 Å². The predicted octanol–water partition coefficient (Wildman–Crippen LogP) is 1.51. The molecule has 0 heterocycles. The van der Waals surface area contributed by atoms with Gasteiger partial charge in [0.25, 0.3) is 0 Å². The van der Waals surface area contributed by atoms with Crippen molar-refractivity contribution in [3.63, 3.8) is 0 Å². The van der Waals surface area contributed by atoms with E-state index in [0.29, 0.717) is 12.8 Å². The monoisotopic (exact) mass is 226 g/mol. The van der Waals surface area contributed by atoms with E-state index < -0.39 is 17.3 Å². The van der Waals surface area contributed by atoms with Crippen molar-refractivity contribution < 1.29 is 19.1 Å². The molecular formula is C12H18O4. The Bertz CT molecular complexity index is 317. The number of Topliss-reactive ketones (excluding diaryl/α,β-unsaturated/α-hetero) is 2. The lowest BCUT2D eigenvalue weighted by Gasteiger charge is -2.23. The summed E-state index contributed by atoms with van der Waals surface area (Å²) in [5.41, 5.74) is -0.745. The van der Waals surface area contributed by atoms with Crippen molar-refractivity contribution in [3.8, 4) is 0 Å². The van der Waals surface area contributed by atoms with E-state index in [-0.39, 0.29) is 24.6 Å². The zero-order chi connectivity index (χ0) is 12.3. The number of carbonyl (C=O) groups excluding carboxylic acids is 3. The quantitative estimate of drug-likeness (QED) is 0.407. The number of carbonyl (C=O) groups is 3. The first-order valence-electron chi connectivity index (χ1n) is 5.61. The Morgan fingerprint density at radius 3 is 2.62 bits per heavy atom. The van der Waals surface area contributed by atoms with E-state index in [4.69, 9.17) is 4.74 Å². The Morgan fingerprint density at radius 1 is 1.44 bits per heavy atom. The van der Waals surface area contributed by atoms with Gasteiger partial charge in [0.05, 0.1) is 6.61 Å². The third-order valence-corrected chi connectivity index (χ3v) is 2.91. The maximum atomic E-state index is 12.1. The SMILES string of the molecule is CCOC(=O)C1CCC(=O)CC(C)(C)C1=O. The molecule has 0 aromatic rings. The molecule has 1 rings (SSSR count). The van der Waals surface area contributed by atoms with Crippen molar-refractivity contribution in [2.75, 3.05) is 6.61 Å². The van der Waals surface area contributed by atoms with E-state index in [1.54, 1.807) is 20.8 Å². The molecule has 0 aromatic heterocycles. The van der Waals surface area contributed by atoms with Crippen molar-refractivity contribution in [3.05, 3.63) is 0 Å². The van der Waals surface area contributed by atoms with Crippen molar-refractivity contribution >= 4 is 17.5 Å². The molecule has 1 unspecified atom stereocenters. The third kappa shape index (κ3) is 2.68. The number of hydrogen-bond donors (Lipinski definition) is 0. The number of esters is 1. The van der Waals surface area contributed by atoms with Crippen LogP contribution in [0.5, 0.6) is 0 Å². The van der Waals surface area contributed by atoms with Gasteiger partial charge in [0, 0.05) is 18.3 Å². The minimum atomic E-state index is -0.763. The molecule has 4 heteroatoms. The average molecular weight is 226 g/mol. The smallest absolute Gasteiger partial charge is 0.316 e. The molecule has 0 spiro atoms. The molecule has 90 valence electrons. The normalized spacial score (nSPS) is 25.1. The van der Waals surface area contributed by atoms with E-state index in [0.717, 1.165) is 0 Å². The summed E-state index contributed by atoms with van der Waals surface area (Å²) < 4.78 is 4.86. The minimum absolute atomic E-state index is 0.0464. The van der Waals surface area contributed by atoms with Crippen LogP contribution in [0.15, 0.2) is 0 Å². The van der Waals surface area contributed by atoms with E-state index >= 15 is 0 Å². The lowest BCUT2D eigenvalue weighted by Crippen LogP contribution is -2.35. The van der Waals surface area contributed by atoms with Gasteiger partial charge in [-0.25, -0.2) is 0 Å². The molecule has 0 radical (unpaired) electrons. The van der Waals surface area contributed by atoms with Gasteiger partial charge in [-0.1, -0.05) is 13.8 Å². The van der Waals surface area contributed by atoms with E-state index in [1.165, 1.54) is 0 Å². The van der Waals surface area contributed by atoms with Gasteiger partial charge in [0.1, 0.15) is 11.7 Å². The molecule has 1 aliphatic carbocycles. The summed E-state index contributed by atoms with van der Waals surface area (Å²) in [5.74, 6) is -1.38. The molecule has 0 N–H and O–H groups in total. The predicted molar refractivity (Wildman–Crippen MR) is 57.8 cm³/mol. The van der Waals surface area contributed by atoms with Gasteiger partial charge in [-0.05, 0) is 13.3 Å². The van der Waals surface area contributed by atoms with Gasteiger partial charge in [0.15, 0.2) is 5.78 Å². The summed E-state index contributed by atoms with van der Waals surface area (Å²) in [5, 5.41) is 0. The number of hydrogen-bond acceptors (Lipinski definition) is 4. The van der Waals surface area contributed by atoms with Crippen LogP contribution >= 0.6 is 0 Å². The maximum Gasteiger partial charge on any atom is 0.316 e. The summed E-state index contributed by atoms with van der Waals surface area (Å²) in [6, 6.07) is 0. The fourth-order valence-electron chi connectivity index (χ4n) is 2.04. The van der Waals surface area contributed by atoms with Crippen LogP contribution in [0.1, 0.15) is 40.0 Å². The molecule has 4 nitrogen and oxygen atoms in total. The standard InChI is InChI=1S/C12H18O4/c1-4-16-11(15)9-6-5-8(13)7-12(2,3)10(9)14/h9H,4-7H2,1-3H3. The highest BCUT2D eigenvalue weighted by atomic mass is 16.5. The summed E-state index contributed by atoms with van der Waals surface area (Å²) in [7, 11) is 0. The molecule has 1 fully saturated rings. The number of rotatable bonds is 2. The summed E-state index contributed by atoms with van der Waals surface area (Å²) in [4.78, 5) is 35.1.